The van der Waals surface area contributed by atoms with Crippen molar-refractivity contribution >= 4 is 27.8 Å². The lowest BCUT2D eigenvalue weighted by Crippen LogP contribution is -2.47. The van der Waals surface area contributed by atoms with Gasteiger partial charge in [-0.15, -0.1) is 11.3 Å². The normalized spacial score (nSPS) is 23.6. The van der Waals surface area contributed by atoms with E-state index in [1.54, 1.807) is 7.11 Å². The Labute approximate surface area is 118 Å². The van der Waals surface area contributed by atoms with E-state index in [-0.39, 0.29) is 11.4 Å². The van der Waals surface area contributed by atoms with E-state index in [0.29, 0.717) is 17.0 Å². The molecule has 5 heteroatoms. The molecule has 1 fully saturated rings. The molecule has 1 aromatic rings. The average Bonchev–Trinajstić information content (AvgIpc) is 2.80. The Morgan fingerprint density at radius 3 is 3.00 bits per heavy atom. The first-order valence-corrected chi connectivity index (χ1v) is 7.53. The smallest absolute Gasteiger partial charge is 0.174 e. The number of Topliss-reactive ketones (excluding diaryl/α,β-unsaturated/α-hetero) is 1. The van der Waals surface area contributed by atoms with Crippen molar-refractivity contribution in [3.05, 3.63) is 10.9 Å². The topological polar surface area (TPSA) is 55.6 Å². The number of nitrogen functional groups attached to an aromatic ring is 1. The molecule has 0 aliphatic carbocycles. The Balaban J connectivity index is 2.20. The number of nitrogens with two attached hydrogens (primary N) is 1. The number of anilines is 2. The van der Waals surface area contributed by atoms with Crippen molar-refractivity contribution in [1.29, 1.82) is 0 Å². The Bertz CT molecular complexity index is 472. The summed E-state index contributed by atoms with van der Waals surface area (Å²) in [6.07, 6.45) is 2.67. The van der Waals surface area contributed by atoms with Crippen LogP contribution in [0.2, 0.25) is 0 Å². The molecule has 106 valence electrons. The molecule has 1 aliphatic rings. The monoisotopic (exact) mass is 282 g/mol. The van der Waals surface area contributed by atoms with Crippen LogP contribution >= 0.6 is 11.3 Å². The molecule has 0 bridgehead atoms. The molecule has 2 N–H and O–H groups in total. The van der Waals surface area contributed by atoms with E-state index < -0.39 is 0 Å². The summed E-state index contributed by atoms with van der Waals surface area (Å²) < 4.78 is 5.60. The van der Waals surface area contributed by atoms with E-state index in [9.17, 15) is 4.79 Å². The van der Waals surface area contributed by atoms with Crippen molar-refractivity contribution in [3.63, 3.8) is 0 Å². The van der Waals surface area contributed by atoms with E-state index in [1.807, 2.05) is 13.0 Å². The van der Waals surface area contributed by atoms with Crippen LogP contribution < -0.4 is 10.6 Å². The molecule has 0 spiro atoms. The van der Waals surface area contributed by atoms with Crippen molar-refractivity contribution < 1.29 is 9.53 Å². The van der Waals surface area contributed by atoms with Crippen LogP contribution in [0.1, 0.15) is 42.8 Å². The number of carbonyl (C=O) groups is 1. The molecule has 0 saturated carbocycles. The van der Waals surface area contributed by atoms with Crippen LogP contribution in [-0.2, 0) is 4.74 Å². The largest absolute Gasteiger partial charge is 0.397 e. The second-order valence-corrected chi connectivity index (χ2v) is 6.36. The number of rotatable bonds is 4. The predicted octanol–water partition coefficient (Wildman–Crippen LogP) is 2.93. The summed E-state index contributed by atoms with van der Waals surface area (Å²) in [4.78, 5) is 14.8. The second-order valence-electron chi connectivity index (χ2n) is 5.32. The number of ketones is 1. The lowest BCUT2D eigenvalue weighted by molar-refractivity contribution is -0.00451. The van der Waals surface area contributed by atoms with Gasteiger partial charge in [0, 0.05) is 26.6 Å². The first-order chi connectivity index (χ1) is 8.99. The van der Waals surface area contributed by atoms with Crippen LogP contribution in [0.5, 0.6) is 0 Å². The summed E-state index contributed by atoms with van der Waals surface area (Å²) in [6.45, 7) is 5.85. The van der Waals surface area contributed by atoms with Crippen molar-refractivity contribution in [1.82, 2.24) is 0 Å². The predicted molar refractivity (Wildman–Crippen MR) is 80.2 cm³/mol. The quantitative estimate of drug-likeness (QED) is 0.863. The van der Waals surface area contributed by atoms with E-state index >= 15 is 0 Å². The van der Waals surface area contributed by atoms with Gasteiger partial charge in [-0.25, -0.2) is 0 Å². The molecular weight excluding hydrogens is 260 g/mol. The van der Waals surface area contributed by atoms with E-state index in [1.165, 1.54) is 11.3 Å². The van der Waals surface area contributed by atoms with Gasteiger partial charge in [0.25, 0.3) is 0 Å². The minimum atomic E-state index is -0.105. The number of nitrogens with zero attached hydrogens (tertiary/aromatic N) is 1. The minimum Gasteiger partial charge on any atom is -0.397 e. The van der Waals surface area contributed by atoms with Crippen LogP contribution in [0.15, 0.2) is 6.07 Å². The zero-order chi connectivity index (χ0) is 14.0. The highest BCUT2D eigenvalue weighted by atomic mass is 32.1. The Morgan fingerprint density at radius 2 is 2.37 bits per heavy atom. The van der Waals surface area contributed by atoms with Crippen LogP contribution in [-0.4, -0.2) is 31.6 Å². The molecule has 1 aromatic heterocycles. The third-order valence-corrected chi connectivity index (χ3v) is 5.04. The highest BCUT2D eigenvalue weighted by molar-refractivity contribution is 7.18. The number of thiophene rings is 1. The number of hydrogen-bond donors (Lipinski definition) is 1. The Morgan fingerprint density at radius 1 is 1.63 bits per heavy atom. The van der Waals surface area contributed by atoms with Gasteiger partial charge in [0.15, 0.2) is 5.78 Å². The number of methoxy groups -OCH3 is 1. The maximum atomic E-state index is 11.8. The SMILES string of the molecule is CCC(=O)c1sc(N2CCCC(C)(OC)C2)cc1N. The molecule has 0 radical (unpaired) electrons. The summed E-state index contributed by atoms with van der Waals surface area (Å²) in [5.41, 5.74) is 6.46. The molecule has 4 nitrogen and oxygen atoms in total. The lowest BCUT2D eigenvalue weighted by atomic mass is 9.95. The van der Waals surface area contributed by atoms with Crippen molar-refractivity contribution in [2.75, 3.05) is 30.8 Å². The first-order valence-electron chi connectivity index (χ1n) is 6.71. The van der Waals surface area contributed by atoms with Crippen molar-refractivity contribution in [2.24, 2.45) is 0 Å². The van der Waals surface area contributed by atoms with Crippen LogP contribution in [0.4, 0.5) is 10.7 Å². The number of hydrogen-bond acceptors (Lipinski definition) is 5. The highest BCUT2D eigenvalue weighted by Gasteiger charge is 2.32. The standard InChI is InChI=1S/C14H22N2O2S/c1-4-11(17)13-10(15)8-12(19-13)16-7-5-6-14(2,9-16)18-3/h8H,4-7,9,15H2,1-3H3. The van der Waals surface area contributed by atoms with Crippen LogP contribution in [0.3, 0.4) is 0 Å². The number of ether oxygens (including phenoxy) is 1. The zero-order valence-corrected chi connectivity index (χ0v) is 12.7. The molecule has 1 saturated heterocycles. The fourth-order valence-corrected chi connectivity index (χ4v) is 3.60. The first kappa shape index (κ1) is 14.3. The van der Waals surface area contributed by atoms with Crippen molar-refractivity contribution in [3.8, 4) is 0 Å². The van der Waals surface area contributed by atoms with Gasteiger partial charge in [-0.1, -0.05) is 6.92 Å². The van der Waals surface area contributed by atoms with E-state index in [4.69, 9.17) is 10.5 Å². The lowest BCUT2D eigenvalue weighted by Gasteiger charge is -2.39. The molecule has 2 rings (SSSR count). The highest BCUT2D eigenvalue weighted by Crippen LogP contribution is 2.36. The zero-order valence-electron chi connectivity index (χ0n) is 11.9. The Kier molecular flexibility index (Phi) is 4.16. The van der Waals surface area contributed by atoms with Gasteiger partial charge in [0.1, 0.15) is 0 Å². The molecule has 1 atom stereocenters. The van der Waals surface area contributed by atoms with Gasteiger partial charge in [-0.05, 0) is 25.8 Å². The molecular formula is C14H22N2O2S. The van der Waals surface area contributed by atoms with Crippen LogP contribution in [0.25, 0.3) is 0 Å². The number of piperidine rings is 1. The van der Waals surface area contributed by atoms with E-state index in [0.717, 1.165) is 30.9 Å². The maximum Gasteiger partial charge on any atom is 0.174 e. The van der Waals surface area contributed by atoms with Gasteiger partial charge in [-0.2, -0.15) is 0 Å². The summed E-state index contributed by atoms with van der Waals surface area (Å²) >= 11 is 1.51. The minimum absolute atomic E-state index is 0.105. The van der Waals surface area contributed by atoms with Gasteiger partial charge in [0.05, 0.1) is 21.2 Å². The summed E-state index contributed by atoms with van der Waals surface area (Å²) in [6, 6.07) is 1.93. The summed E-state index contributed by atoms with van der Waals surface area (Å²) in [7, 11) is 1.76. The molecule has 2 heterocycles. The maximum absolute atomic E-state index is 11.8. The molecule has 19 heavy (non-hydrogen) atoms. The molecule has 0 amide bonds. The Hall–Kier alpha value is -1.07. The van der Waals surface area contributed by atoms with Gasteiger partial charge in [0.2, 0.25) is 0 Å². The fourth-order valence-electron chi connectivity index (χ4n) is 2.49. The molecule has 1 aliphatic heterocycles. The number of carbonyl (C=O) groups excluding carboxylic acids is 1. The molecule has 1 unspecified atom stereocenters. The van der Waals surface area contributed by atoms with Crippen molar-refractivity contribution in [2.45, 2.75) is 38.7 Å². The average molecular weight is 282 g/mol. The van der Waals surface area contributed by atoms with Gasteiger partial charge in [-0.3, -0.25) is 4.79 Å². The van der Waals surface area contributed by atoms with E-state index in [2.05, 4.69) is 11.8 Å². The molecule has 0 aromatic carbocycles. The summed E-state index contributed by atoms with van der Waals surface area (Å²) in [5.74, 6) is 0.125. The third-order valence-electron chi connectivity index (χ3n) is 3.79. The van der Waals surface area contributed by atoms with Gasteiger partial charge < -0.3 is 15.4 Å². The summed E-state index contributed by atoms with van der Waals surface area (Å²) in [5, 5.41) is 1.08. The second kappa shape index (κ2) is 5.51. The van der Waals surface area contributed by atoms with Crippen LogP contribution in [0, 0.1) is 0 Å². The fraction of sp³-hybridized carbons (Fsp3) is 0.643. The third kappa shape index (κ3) is 2.92. The van der Waals surface area contributed by atoms with Gasteiger partial charge >= 0.3 is 0 Å².